The van der Waals surface area contributed by atoms with Crippen molar-refractivity contribution in [1.29, 1.82) is 0 Å². The Hall–Kier alpha value is -2.45. The number of hydrogen-bond acceptors (Lipinski definition) is 4. The summed E-state index contributed by atoms with van der Waals surface area (Å²) in [5.41, 5.74) is 1.78. The maximum absolute atomic E-state index is 14.1. The third-order valence-corrected chi connectivity index (χ3v) is 7.48. The van der Waals surface area contributed by atoms with Crippen molar-refractivity contribution in [2.75, 3.05) is 4.72 Å². The predicted octanol–water partition coefficient (Wildman–Crippen LogP) is 6.72. The Morgan fingerprint density at radius 1 is 0.900 bits per heavy atom. The van der Waals surface area contributed by atoms with Gasteiger partial charge in [-0.15, -0.1) is 11.3 Å². The van der Waals surface area contributed by atoms with E-state index in [1.54, 1.807) is 47.8 Å². The van der Waals surface area contributed by atoms with Crippen molar-refractivity contribution in [3.63, 3.8) is 0 Å². The van der Waals surface area contributed by atoms with Crippen molar-refractivity contribution in [3.8, 4) is 21.8 Å². The second kappa shape index (κ2) is 8.35. The van der Waals surface area contributed by atoms with Crippen LogP contribution in [0.1, 0.15) is 0 Å². The van der Waals surface area contributed by atoms with Crippen LogP contribution in [0.15, 0.2) is 77.0 Å². The summed E-state index contributed by atoms with van der Waals surface area (Å²) in [6, 6.07) is 17.6. The Kier molecular flexibility index (Phi) is 5.79. The molecule has 0 fully saturated rings. The molecule has 4 rings (SSSR count). The summed E-state index contributed by atoms with van der Waals surface area (Å²) in [4.78, 5) is 4.38. The Morgan fingerprint density at radius 2 is 1.60 bits per heavy atom. The summed E-state index contributed by atoms with van der Waals surface area (Å²) < 4.78 is 42.5. The molecule has 1 heterocycles. The van der Waals surface area contributed by atoms with Crippen molar-refractivity contribution in [1.82, 2.24) is 4.98 Å². The number of thiazole rings is 1. The highest BCUT2D eigenvalue weighted by atomic mass is 35.5. The van der Waals surface area contributed by atoms with E-state index in [0.29, 0.717) is 27.5 Å². The first kappa shape index (κ1) is 20.8. The quantitative estimate of drug-likeness (QED) is 0.346. The van der Waals surface area contributed by atoms with Gasteiger partial charge in [-0.1, -0.05) is 59.6 Å². The number of benzene rings is 3. The summed E-state index contributed by atoms with van der Waals surface area (Å²) in [5, 5.41) is 2.33. The van der Waals surface area contributed by atoms with Crippen molar-refractivity contribution in [2.45, 2.75) is 4.90 Å². The van der Waals surface area contributed by atoms with Crippen LogP contribution < -0.4 is 4.72 Å². The molecule has 4 nitrogen and oxygen atoms in total. The number of rotatable bonds is 5. The van der Waals surface area contributed by atoms with Gasteiger partial charge >= 0.3 is 0 Å². The highest BCUT2D eigenvalue weighted by Crippen LogP contribution is 2.35. The van der Waals surface area contributed by atoms with Gasteiger partial charge in [0.05, 0.1) is 21.4 Å². The molecule has 0 amide bonds. The molecule has 0 saturated carbocycles. The van der Waals surface area contributed by atoms with E-state index in [2.05, 4.69) is 9.71 Å². The van der Waals surface area contributed by atoms with E-state index in [0.717, 1.165) is 0 Å². The zero-order valence-electron chi connectivity index (χ0n) is 15.1. The lowest BCUT2D eigenvalue weighted by Gasteiger charge is -2.13. The molecule has 1 aromatic heterocycles. The molecule has 0 atom stereocenters. The van der Waals surface area contributed by atoms with Crippen molar-refractivity contribution >= 4 is 50.2 Å². The fourth-order valence-corrected chi connectivity index (χ4v) is 5.53. The van der Waals surface area contributed by atoms with Crippen LogP contribution in [-0.2, 0) is 10.0 Å². The van der Waals surface area contributed by atoms with Gasteiger partial charge in [-0.2, -0.15) is 0 Å². The number of aromatic nitrogens is 1. The second-order valence-corrected chi connectivity index (χ2v) is 9.51. The molecule has 4 aromatic rings. The number of halogens is 3. The van der Waals surface area contributed by atoms with Gasteiger partial charge in [0, 0.05) is 16.5 Å². The van der Waals surface area contributed by atoms with Gasteiger partial charge in [-0.05, 0) is 30.3 Å². The fourth-order valence-electron chi connectivity index (χ4n) is 2.84. The van der Waals surface area contributed by atoms with Crippen molar-refractivity contribution < 1.29 is 12.8 Å². The van der Waals surface area contributed by atoms with E-state index in [4.69, 9.17) is 23.2 Å². The Bertz CT molecular complexity index is 1340. The minimum absolute atomic E-state index is 0.0559. The molecule has 0 aliphatic carbocycles. The molecular formula is C21H13Cl2FN2O2S2. The van der Waals surface area contributed by atoms with E-state index in [-0.39, 0.29) is 20.8 Å². The van der Waals surface area contributed by atoms with Crippen LogP contribution in [-0.4, -0.2) is 13.4 Å². The lowest BCUT2D eigenvalue weighted by Crippen LogP contribution is -2.14. The van der Waals surface area contributed by atoms with Crippen molar-refractivity contribution in [3.05, 3.63) is 88.0 Å². The SMILES string of the molecule is O=S(=O)(Nc1ccccc1-c1csc(-c2ccccc2F)n1)c1cccc(Cl)c1Cl. The van der Waals surface area contributed by atoms with Crippen LogP contribution in [0, 0.1) is 5.82 Å². The van der Waals surface area contributed by atoms with E-state index in [1.807, 2.05) is 0 Å². The molecule has 0 bridgehead atoms. The molecular weight excluding hydrogens is 466 g/mol. The topological polar surface area (TPSA) is 59.1 Å². The highest BCUT2D eigenvalue weighted by Gasteiger charge is 2.22. The summed E-state index contributed by atoms with van der Waals surface area (Å²) in [7, 11) is -4.00. The van der Waals surface area contributed by atoms with Gasteiger partial charge < -0.3 is 0 Å². The highest BCUT2D eigenvalue weighted by molar-refractivity contribution is 7.92. The van der Waals surface area contributed by atoms with Crippen molar-refractivity contribution in [2.24, 2.45) is 0 Å². The molecule has 0 unspecified atom stereocenters. The number of nitrogens with zero attached hydrogens (tertiary/aromatic N) is 1. The van der Waals surface area contributed by atoms with Gasteiger partial charge in [0.15, 0.2) is 0 Å². The molecule has 0 saturated heterocycles. The molecule has 30 heavy (non-hydrogen) atoms. The Balaban J connectivity index is 1.72. The van der Waals surface area contributed by atoms with Crippen LogP contribution in [0.5, 0.6) is 0 Å². The van der Waals surface area contributed by atoms with E-state index in [1.165, 1.54) is 35.6 Å². The predicted molar refractivity (Wildman–Crippen MR) is 120 cm³/mol. The standard InChI is InChI=1S/C21H13Cl2FN2O2S2/c22-15-8-5-11-19(20(15)23)30(27,28)26-17-10-4-2-7-14(17)18-12-29-21(25-18)13-6-1-3-9-16(13)24/h1-12,26H. The lowest BCUT2D eigenvalue weighted by atomic mass is 10.1. The fraction of sp³-hybridized carbons (Fsp3) is 0. The van der Waals surface area contributed by atoms with Gasteiger partial charge in [-0.3, -0.25) is 4.72 Å². The number of hydrogen-bond donors (Lipinski definition) is 1. The maximum Gasteiger partial charge on any atom is 0.263 e. The number of anilines is 1. The zero-order valence-corrected chi connectivity index (χ0v) is 18.3. The molecule has 0 spiro atoms. The Labute approximate surface area is 187 Å². The normalized spacial score (nSPS) is 11.4. The summed E-state index contributed by atoms with van der Waals surface area (Å²) in [5.74, 6) is -0.372. The van der Waals surface area contributed by atoms with E-state index >= 15 is 0 Å². The molecule has 9 heteroatoms. The minimum Gasteiger partial charge on any atom is -0.279 e. The zero-order chi connectivity index (χ0) is 21.3. The summed E-state index contributed by atoms with van der Waals surface area (Å²) in [6.07, 6.45) is 0. The first-order valence-electron chi connectivity index (χ1n) is 8.63. The molecule has 0 aliphatic rings. The smallest absolute Gasteiger partial charge is 0.263 e. The average molecular weight is 479 g/mol. The van der Waals surface area contributed by atoms with Crippen LogP contribution >= 0.6 is 34.5 Å². The van der Waals surface area contributed by atoms with Gasteiger partial charge in [0.2, 0.25) is 0 Å². The van der Waals surface area contributed by atoms with Crippen LogP contribution in [0.25, 0.3) is 21.8 Å². The third kappa shape index (κ3) is 4.06. The van der Waals surface area contributed by atoms with Gasteiger partial charge in [0.25, 0.3) is 10.0 Å². The molecule has 1 N–H and O–H groups in total. The summed E-state index contributed by atoms with van der Waals surface area (Å²) in [6.45, 7) is 0. The molecule has 152 valence electrons. The molecule has 0 aliphatic heterocycles. The van der Waals surface area contributed by atoms with Crippen LogP contribution in [0.4, 0.5) is 10.1 Å². The van der Waals surface area contributed by atoms with Crippen LogP contribution in [0.2, 0.25) is 10.0 Å². The second-order valence-electron chi connectivity index (χ2n) is 6.22. The monoisotopic (exact) mass is 478 g/mol. The van der Waals surface area contributed by atoms with Gasteiger partial charge in [0.1, 0.15) is 15.7 Å². The largest absolute Gasteiger partial charge is 0.279 e. The third-order valence-electron chi connectivity index (χ3n) is 4.26. The minimum atomic E-state index is -4.00. The first-order valence-corrected chi connectivity index (χ1v) is 11.8. The van der Waals surface area contributed by atoms with Crippen LogP contribution in [0.3, 0.4) is 0 Å². The van der Waals surface area contributed by atoms with E-state index < -0.39 is 10.0 Å². The lowest BCUT2D eigenvalue weighted by molar-refractivity contribution is 0.601. The number of nitrogens with one attached hydrogen (secondary N) is 1. The van der Waals surface area contributed by atoms with E-state index in [9.17, 15) is 12.8 Å². The first-order chi connectivity index (χ1) is 14.4. The molecule has 0 radical (unpaired) electrons. The number of sulfonamides is 1. The Morgan fingerprint density at radius 3 is 2.37 bits per heavy atom. The summed E-state index contributed by atoms with van der Waals surface area (Å²) >= 11 is 13.3. The maximum atomic E-state index is 14.1. The average Bonchev–Trinajstić information content (AvgIpc) is 3.20. The number of para-hydroxylation sites is 1. The van der Waals surface area contributed by atoms with Gasteiger partial charge in [-0.25, -0.2) is 17.8 Å². The molecule has 3 aromatic carbocycles.